The topological polar surface area (TPSA) is 138 Å². The molecule has 0 unspecified atom stereocenters. The minimum atomic E-state index is -3.87. The number of fused-ring (bicyclic) bond motifs is 1. The molecule has 1 aromatic heterocycles. The predicted octanol–water partition coefficient (Wildman–Crippen LogP) is 6.14. The van der Waals surface area contributed by atoms with Gasteiger partial charge >= 0.3 is 0 Å². The molecule has 10 heteroatoms. The van der Waals surface area contributed by atoms with Crippen molar-refractivity contribution >= 4 is 32.3 Å². The van der Waals surface area contributed by atoms with E-state index in [1.807, 2.05) is 106 Å². The lowest BCUT2D eigenvalue weighted by Crippen LogP contribution is -2.32. The van der Waals surface area contributed by atoms with Gasteiger partial charge in [-0.2, -0.15) is 0 Å². The molecule has 0 saturated carbocycles. The Kier molecular flexibility index (Phi) is 10.9. The SMILES string of the molecule is CCN(CC)C(=O)c1cccc2c(C[C@@H](C)NC[C@H](O)c3cc(N)c(OCc4ccccc4)c(S(C)(=O)=O)c3-c3ccccc3)c[nH]c12. The summed E-state index contributed by atoms with van der Waals surface area (Å²) in [6, 6.07) is 25.8. The molecular formula is C38H44N4O5S. The standard InChI is InChI=1S/C38H44N4O5S/c1-5-42(6-2)38(44)30-19-13-18-29-28(22-41-35(29)30)20-25(3)40-23-33(43)31-21-32(39)36(47-24-26-14-9-7-10-15-26)37(48(4,45)46)34(31)27-16-11-8-12-17-27/h7-19,21-22,25,33,40-41,43H,5-6,20,23-24,39H2,1-4H3/t25-,33+/m1/s1. The lowest BCUT2D eigenvalue weighted by atomic mass is 9.94. The number of anilines is 1. The summed E-state index contributed by atoms with van der Waals surface area (Å²) in [5.41, 5.74) is 11.3. The minimum absolute atomic E-state index is 0.00765. The molecule has 0 saturated heterocycles. The number of hydrogen-bond donors (Lipinski definition) is 4. The van der Waals surface area contributed by atoms with E-state index in [-0.39, 0.29) is 41.4 Å². The number of amides is 1. The van der Waals surface area contributed by atoms with Crippen LogP contribution in [0, 0.1) is 0 Å². The molecule has 4 aromatic carbocycles. The number of nitrogen functional groups attached to an aromatic ring is 1. The van der Waals surface area contributed by atoms with Gasteiger partial charge in [-0.15, -0.1) is 0 Å². The number of carbonyl (C=O) groups is 1. The summed E-state index contributed by atoms with van der Waals surface area (Å²) in [6.45, 7) is 7.49. The van der Waals surface area contributed by atoms with Gasteiger partial charge in [0.25, 0.3) is 5.91 Å². The van der Waals surface area contributed by atoms with Crippen LogP contribution in [0.3, 0.4) is 0 Å². The van der Waals surface area contributed by atoms with E-state index in [2.05, 4.69) is 10.3 Å². The molecule has 5 rings (SSSR count). The van der Waals surface area contributed by atoms with Crippen LogP contribution < -0.4 is 15.8 Å². The molecule has 5 aromatic rings. The van der Waals surface area contributed by atoms with E-state index >= 15 is 0 Å². The maximum absolute atomic E-state index is 13.4. The summed E-state index contributed by atoms with van der Waals surface area (Å²) in [4.78, 5) is 18.2. The van der Waals surface area contributed by atoms with Gasteiger partial charge in [0.2, 0.25) is 0 Å². The number of nitrogens with one attached hydrogen (secondary N) is 2. The molecular weight excluding hydrogens is 625 g/mol. The fraction of sp³-hybridized carbons (Fsp3) is 0.289. The quantitative estimate of drug-likeness (QED) is 0.104. The summed E-state index contributed by atoms with van der Waals surface area (Å²) in [5.74, 6) is 0.0578. The summed E-state index contributed by atoms with van der Waals surface area (Å²) in [7, 11) is -3.87. The second-order valence-corrected chi connectivity index (χ2v) is 14.0. The monoisotopic (exact) mass is 668 g/mol. The lowest BCUT2D eigenvalue weighted by Gasteiger charge is -2.24. The van der Waals surface area contributed by atoms with Crippen LogP contribution in [0.1, 0.15) is 53.9 Å². The molecule has 2 atom stereocenters. The van der Waals surface area contributed by atoms with Crippen molar-refractivity contribution in [3.05, 3.63) is 113 Å². The molecule has 1 amide bonds. The van der Waals surface area contributed by atoms with Gasteiger partial charge in [0.15, 0.2) is 15.6 Å². The third-order valence-electron chi connectivity index (χ3n) is 8.58. The molecule has 0 aliphatic heterocycles. The van der Waals surface area contributed by atoms with Gasteiger partial charge in [-0.05, 0) is 61.6 Å². The van der Waals surface area contributed by atoms with Crippen molar-refractivity contribution in [1.82, 2.24) is 15.2 Å². The van der Waals surface area contributed by atoms with Gasteiger partial charge in [0.1, 0.15) is 11.5 Å². The van der Waals surface area contributed by atoms with Crippen molar-refractivity contribution in [2.75, 3.05) is 31.6 Å². The predicted molar refractivity (Wildman–Crippen MR) is 192 cm³/mol. The highest BCUT2D eigenvalue weighted by Gasteiger charge is 2.29. The number of aliphatic hydroxyl groups is 1. The van der Waals surface area contributed by atoms with Gasteiger partial charge in [-0.25, -0.2) is 8.42 Å². The van der Waals surface area contributed by atoms with E-state index < -0.39 is 15.9 Å². The summed E-state index contributed by atoms with van der Waals surface area (Å²) >= 11 is 0. The molecule has 9 nitrogen and oxygen atoms in total. The Morgan fingerprint density at radius 1 is 1.00 bits per heavy atom. The van der Waals surface area contributed by atoms with E-state index in [9.17, 15) is 18.3 Å². The highest BCUT2D eigenvalue weighted by atomic mass is 32.2. The third kappa shape index (κ3) is 7.57. The molecule has 48 heavy (non-hydrogen) atoms. The van der Waals surface area contributed by atoms with E-state index in [1.165, 1.54) is 0 Å². The molecule has 252 valence electrons. The van der Waals surface area contributed by atoms with Crippen LogP contribution in [0.5, 0.6) is 5.75 Å². The zero-order valence-corrected chi connectivity index (χ0v) is 28.7. The van der Waals surface area contributed by atoms with Crippen LogP contribution in [0.4, 0.5) is 5.69 Å². The number of nitrogens with two attached hydrogens (primary N) is 1. The van der Waals surface area contributed by atoms with Crippen LogP contribution in [-0.4, -0.2) is 61.2 Å². The first-order chi connectivity index (χ1) is 23.0. The zero-order valence-electron chi connectivity index (χ0n) is 27.9. The molecule has 0 aliphatic carbocycles. The zero-order chi connectivity index (χ0) is 34.4. The molecule has 0 aliphatic rings. The Morgan fingerprint density at radius 2 is 1.67 bits per heavy atom. The number of rotatable bonds is 14. The van der Waals surface area contributed by atoms with Gasteiger partial charge < -0.3 is 30.8 Å². The Labute approximate surface area is 282 Å². The average Bonchev–Trinajstić information content (AvgIpc) is 3.49. The Hall–Kier alpha value is -4.64. The van der Waals surface area contributed by atoms with Gasteiger partial charge in [-0.1, -0.05) is 72.8 Å². The summed E-state index contributed by atoms with van der Waals surface area (Å²) in [5, 5.41) is 16.0. The normalized spacial score (nSPS) is 12.9. The van der Waals surface area contributed by atoms with Crippen LogP contribution in [0.2, 0.25) is 0 Å². The number of carbonyl (C=O) groups excluding carboxylic acids is 1. The smallest absolute Gasteiger partial charge is 0.255 e. The van der Waals surface area contributed by atoms with Crippen molar-refractivity contribution in [3.63, 3.8) is 0 Å². The third-order valence-corrected chi connectivity index (χ3v) is 9.71. The molecule has 5 N–H and O–H groups in total. The van der Waals surface area contributed by atoms with Crippen LogP contribution >= 0.6 is 0 Å². The maximum Gasteiger partial charge on any atom is 0.255 e. The fourth-order valence-corrected chi connectivity index (χ4v) is 7.26. The molecule has 1 heterocycles. The van der Waals surface area contributed by atoms with Gasteiger partial charge in [-0.3, -0.25) is 4.79 Å². The van der Waals surface area contributed by atoms with Crippen molar-refractivity contribution in [3.8, 4) is 16.9 Å². The Balaban J connectivity index is 1.42. The largest absolute Gasteiger partial charge is 0.485 e. The highest BCUT2D eigenvalue weighted by Crippen LogP contribution is 2.44. The van der Waals surface area contributed by atoms with Crippen molar-refractivity contribution in [1.29, 1.82) is 0 Å². The molecule has 0 fully saturated rings. The number of H-pyrrole nitrogens is 1. The number of benzene rings is 4. The van der Waals surface area contributed by atoms with Crippen LogP contribution in [-0.2, 0) is 22.9 Å². The number of hydrogen-bond acceptors (Lipinski definition) is 7. The first-order valence-corrected chi connectivity index (χ1v) is 18.1. The number of ether oxygens (including phenoxy) is 1. The number of aromatic amines is 1. The Bertz CT molecular complexity index is 1970. The first kappa shape index (κ1) is 34.7. The van der Waals surface area contributed by atoms with Crippen molar-refractivity contribution in [2.24, 2.45) is 0 Å². The number of sulfone groups is 1. The summed E-state index contributed by atoms with van der Waals surface area (Å²) in [6.07, 6.45) is 2.60. The number of aromatic nitrogens is 1. The Morgan fingerprint density at radius 3 is 2.31 bits per heavy atom. The van der Waals surface area contributed by atoms with E-state index in [4.69, 9.17) is 10.5 Å². The van der Waals surface area contributed by atoms with E-state index in [0.717, 1.165) is 28.3 Å². The van der Waals surface area contributed by atoms with Gasteiger partial charge in [0, 0.05) is 49.1 Å². The molecule has 0 spiro atoms. The van der Waals surface area contributed by atoms with Crippen LogP contribution in [0.25, 0.3) is 22.0 Å². The number of para-hydroxylation sites is 1. The van der Waals surface area contributed by atoms with E-state index in [1.54, 1.807) is 11.0 Å². The molecule has 0 bridgehead atoms. The number of nitrogens with zero attached hydrogens (tertiary/aromatic N) is 1. The first-order valence-electron chi connectivity index (χ1n) is 16.2. The minimum Gasteiger partial charge on any atom is -0.485 e. The second kappa shape index (κ2) is 15.1. The lowest BCUT2D eigenvalue weighted by molar-refractivity contribution is 0.0774. The average molecular weight is 669 g/mol. The maximum atomic E-state index is 13.4. The molecule has 0 radical (unpaired) electrons. The fourth-order valence-electron chi connectivity index (χ4n) is 6.14. The highest BCUT2D eigenvalue weighted by molar-refractivity contribution is 7.91. The summed E-state index contributed by atoms with van der Waals surface area (Å²) < 4.78 is 32.9. The van der Waals surface area contributed by atoms with E-state index in [0.29, 0.717) is 41.8 Å². The second-order valence-electron chi connectivity index (χ2n) is 12.0. The van der Waals surface area contributed by atoms with Crippen LogP contribution in [0.15, 0.2) is 96.0 Å². The number of aliphatic hydroxyl groups excluding tert-OH is 1. The van der Waals surface area contributed by atoms with Gasteiger partial charge in [0.05, 0.1) is 22.9 Å². The van der Waals surface area contributed by atoms with Crippen molar-refractivity contribution in [2.45, 2.75) is 50.8 Å². The van der Waals surface area contributed by atoms with Crippen molar-refractivity contribution < 1.29 is 23.1 Å².